The van der Waals surface area contributed by atoms with E-state index in [2.05, 4.69) is 12.6 Å². The smallest absolute Gasteiger partial charge is 0.477 e. The van der Waals surface area contributed by atoms with Gasteiger partial charge in [-0.25, -0.2) is 9.18 Å². The van der Waals surface area contributed by atoms with Gasteiger partial charge in [-0.1, -0.05) is 12.2 Å². The SMILES string of the molecule is O=C(O)c1cn(C2CC2)c2cc(N3CCN(C(=S)S)CC3)c(F)cc2c1=O.[Na+].[Na+]. The van der Waals surface area contributed by atoms with E-state index in [0.717, 1.165) is 12.8 Å². The van der Waals surface area contributed by atoms with Crippen LogP contribution < -0.4 is 69.4 Å². The van der Waals surface area contributed by atoms with Crippen molar-refractivity contribution in [1.29, 1.82) is 0 Å². The van der Waals surface area contributed by atoms with Crippen LogP contribution in [-0.2, 0) is 0 Å². The molecular weight excluding hydrogens is 435 g/mol. The summed E-state index contributed by atoms with van der Waals surface area (Å²) >= 11 is 9.26. The Balaban J connectivity index is 0.00000150. The molecule has 1 aliphatic carbocycles. The predicted molar refractivity (Wildman–Crippen MR) is 109 cm³/mol. The van der Waals surface area contributed by atoms with Gasteiger partial charge < -0.3 is 19.5 Å². The number of benzene rings is 1. The third kappa shape index (κ3) is 5.03. The molecule has 1 N–H and O–H groups in total. The molecule has 0 spiro atoms. The molecule has 1 saturated heterocycles. The molecule has 2 aliphatic rings. The normalized spacial score (nSPS) is 16.2. The molecule has 4 rings (SSSR count). The first kappa shape index (κ1) is 25.1. The zero-order valence-corrected chi connectivity index (χ0v) is 22.1. The number of thiol groups is 1. The van der Waals surface area contributed by atoms with Gasteiger partial charge in [0.05, 0.1) is 11.2 Å². The van der Waals surface area contributed by atoms with Gasteiger partial charge in [-0.2, -0.15) is 0 Å². The number of halogens is 1. The van der Waals surface area contributed by atoms with Crippen LogP contribution in [0, 0.1) is 5.82 Å². The average Bonchev–Trinajstić information content (AvgIpc) is 3.47. The summed E-state index contributed by atoms with van der Waals surface area (Å²) in [5.74, 6) is -1.81. The Morgan fingerprint density at radius 1 is 1.17 bits per heavy atom. The first-order chi connectivity index (χ1) is 12.9. The van der Waals surface area contributed by atoms with Crippen LogP contribution in [-0.4, -0.2) is 51.0 Å². The summed E-state index contributed by atoms with van der Waals surface area (Å²) in [5.41, 5.74) is 0.0303. The van der Waals surface area contributed by atoms with E-state index in [1.165, 1.54) is 12.3 Å². The standard InChI is InChI=1S/C18H18FN3O3S2.2Na/c19-13-7-11-14(8-15(13)20-3-5-21(6-4-20)18(26)27)22(10-1-2-10)9-12(16(11)23)17(24)25;;/h7-10H,1-6H2,(H,24,25)(H,26,27);;/q;2*+1. The van der Waals surface area contributed by atoms with Gasteiger partial charge in [0.1, 0.15) is 15.7 Å². The molecule has 0 atom stereocenters. The summed E-state index contributed by atoms with van der Waals surface area (Å²) in [6.07, 6.45) is 3.23. The van der Waals surface area contributed by atoms with E-state index in [-0.39, 0.29) is 76.1 Å². The Bertz CT molecular complexity index is 1020. The van der Waals surface area contributed by atoms with Crippen LogP contribution in [0.25, 0.3) is 10.9 Å². The Labute approximate surface area is 222 Å². The molecule has 142 valence electrons. The van der Waals surface area contributed by atoms with Crippen molar-refractivity contribution >= 4 is 51.7 Å². The molecule has 2 heterocycles. The largest absolute Gasteiger partial charge is 1.00 e. The minimum Gasteiger partial charge on any atom is -0.477 e. The molecule has 29 heavy (non-hydrogen) atoms. The van der Waals surface area contributed by atoms with Crippen LogP contribution in [0.2, 0.25) is 0 Å². The Morgan fingerprint density at radius 3 is 2.31 bits per heavy atom. The number of anilines is 1. The van der Waals surface area contributed by atoms with Crippen molar-refractivity contribution in [3.8, 4) is 0 Å². The summed E-state index contributed by atoms with van der Waals surface area (Å²) in [5, 5.41) is 9.42. The minimum absolute atomic E-state index is 0. The van der Waals surface area contributed by atoms with Gasteiger partial charge in [-0.05, 0) is 25.0 Å². The molecule has 1 aromatic heterocycles. The van der Waals surface area contributed by atoms with E-state index in [1.807, 2.05) is 14.4 Å². The van der Waals surface area contributed by atoms with Gasteiger partial charge in [0, 0.05) is 43.8 Å². The molecule has 1 aromatic carbocycles. The second-order valence-corrected chi connectivity index (χ2v) is 8.01. The second-order valence-electron chi connectivity index (χ2n) is 6.89. The summed E-state index contributed by atoms with van der Waals surface area (Å²) in [7, 11) is 0. The first-order valence-corrected chi connectivity index (χ1v) is 9.57. The zero-order valence-electron chi connectivity index (χ0n) is 16.4. The van der Waals surface area contributed by atoms with E-state index >= 15 is 0 Å². The monoisotopic (exact) mass is 453 g/mol. The maximum Gasteiger partial charge on any atom is 1.00 e. The average molecular weight is 453 g/mol. The fraction of sp³-hybridized carbons (Fsp3) is 0.389. The maximum atomic E-state index is 14.8. The zero-order chi connectivity index (χ0) is 19.3. The van der Waals surface area contributed by atoms with Crippen molar-refractivity contribution < 1.29 is 73.4 Å². The van der Waals surface area contributed by atoms with Crippen molar-refractivity contribution in [2.75, 3.05) is 31.1 Å². The molecular formula is C18H18FN3Na2O3S2+2. The number of pyridine rings is 1. The van der Waals surface area contributed by atoms with Crippen LogP contribution in [0.5, 0.6) is 0 Å². The Kier molecular flexibility index (Phi) is 8.66. The Morgan fingerprint density at radius 2 is 1.79 bits per heavy atom. The number of aromatic carboxylic acids is 1. The maximum absolute atomic E-state index is 14.8. The van der Waals surface area contributed by atoms with Crippen molar-refractivity contribution in [3.63, 3.8) is 0 Å². The van der Waals surface area contributed by atoms with E-state index < -0.39 is 17.2 Å². The number of hydrogen-bond donors (Lipinski definition) is 2. The number of carbonyl (C=O) groups is 1. The number of carboxylic acid groups (broad SMARTS) is 1. The van der Waals surface area contributed by atoms with Crippen molar-refractivity contribution in [2.45, 2.75) is 18.9 Å². The molecule has 0 bridgehead atoms. The van der Waals surface area contributed by atoms with Crippen LogP contribution in [0.15, 0.2) is 23.1 Å². The fourth-order valence-electron chi connectivity index (χ4n) is 3.55. The molecule has 2 fully saturated rings. The molecule has 1 aliphatic heterocycles. The third-order valence-corrected chi connectivity index (χ3v) is 5.70. The molecule has 1 saturated carbocycles. The van der Waals surface area contributed by atoms with E-state index in [1.54, 1.807) is 6.07 Å². The van der Waals surface area contributed by atoms with Crippen LogP contribution in [0.3, 0.4) is 0 Å². The van der Waals surface area contributed by atoms with Gasteiger partial charge in [0.2, 0.25) is 5.43 Å². The molecule has 0 radical (unpaired) electrons. The van der Waals surface area contributed by atoms with Gasteiger partial charge >= 0.3 is 65.1 Å². The third-order valence-electron chi connectivity index (χ3n) is 5.16. The summed E-state index contributed by atoms with van der Waals surface area (Å²) in [4.78, 5) is 27.8. The fourth-order valence-corrected chi connectivity index (χ4v) is 3.93. The van der Waals surface area contributed by atoms with Crippen LogP contribution >= 0.6 is 24.8 Å². The predicted octanol–water partition coefficient (Wildman–Crippen LogP) is -3.48. The minimum atomic E-state index is -1.29. The van der Waals surface area contributed by atoms with Gasteiger partial charge in [0.15, 0.2) is 0 Å². The number of aromatic nitrogens is 1. The number of fused-ring (bicyclic) bond motifs is 1. The molecule has 11 heteroatoms. The van der Waals surface area contributed by atoms with Crippen molar-refractivity contribution in [2.24, 2.45) is 0 Å². The van der Waals surface area contributed by atoms with Gasteiger partial charge in [-0.15, -0.1) is 12.6 Å². The number of hydrogen-bond acceptors (Lipinski definition) is 4. The van der Waals surface area contributed by atoms with Crippen molar-refractivity contribution in [3.05, 3.63) is 39.9 Å². The Hall–Kier alpha value is -0.130. The van der Waals surface area contributed by atoms with E-state index in [9.17, 15) is 19.1 Å². The topological polar surface area (TPSA) is 65.8 Å². The molecule has 6 nitrogen and oxygen atoms in total. The van der Waals surface area contributed by atoms with Crippen LogP contribution in [0.4, 0.5) is 10.1 Å². The number of thiocarbonyl (C=S) groups is 1. The first-order valence-electron chi connectivity index (χ1n) is 8.71. The summed E-state index contributed by atoms with van der Waals surface area (Å²) in [6.45, 7) is 2.47. The summed E-state index contributed by atoms with van der Waals surface area (Å²) < 4.78 is 17.2. The van der Waals surface area contributed by atoms with Gasteiger partial charge in [0.25, 0.3) is 0 Å². The molecule has 2 aromatic rings. The number of piperazine rings is 1. The second kappa shape index (κ2) is 9.99. The molecule has 0 unspecified atom stereocenters. The summed E-state index contributed by atoms with van der Waals surface area (Å²) in [6, 6.07) is 3.00. The quantitative estimate of drug-likeness (QED) is 0.286. The van der Waals surface area contributed by atoms with Gasteiger partial charge in [-0.3, -0.25) is 4.79 Å². The van der Waals surface area contributed by atoms with Crippen molar-refractivity contribution in [1.82, 2.24) is 9.47 Å². The van der Waals surface area contributed by atoms with E-state index in [0.29, 0.717) is 41.7 Å². The number of carboxylic acids is 1. The molecule has 0 amide bonds. The van der Waals surface area contributed by atoms with E-state index in [4.69, 9.17) is 12.2 Å². The number of nitrogens with zero attached hydrogens (tertiary/aromatic N) is 3. The van der Waals surface area contributed by atoms with Crippen LogP contribution in [0.1, 0.15) is 29.2 Å². The number of rotatable bonds is 3.